The zero-order valence-electron chi connectivity index (χ0n) is 10.6. The van der Waals surface area contributed by atoms with Crippen LogP contribution in [0, 0.1) is 0 Å². The van der Waals surface area contributed by atoms with Gasteiger partial charge in [0.1, 0.15) is 5.25 Å². The monoisotopic (exact) mass is 262 g/mol. The summed E-state index contributed by atoms with van der Waals surface area (Å²) in [6.45, 7) is 6.01. The van der Waals surface area contributed by atoms with Gasteiger partial charge in [-0.1, -0.05) is 6.92 Å². The van der Waals surface area contributed by atoms with Crippen LogP contribution in [0.1, 0.15) is 20.3 Å². The van der Waals surface area contributed by atoms with Crippen LogP contribution < -0.4 is 5.73 Å². The Kier molecular flexibility index (Phi) is 6.08. The summed E-state index contributed by atoms with van der Waals surface area (Å²) in [5.74, 6) is 0.350. The van der Waals surface area contributed by atoms with Gasteiger partial charge in [0.2, 0.25) is 5.91 Å². The number of hydrogen-bond donors (Lipinski definition) is 1. The van der Waals surface area contributed by atoms with Crippen molar-refractivity contribution in [2.24, 2.45) is 5.73 Å². The number of morpholine rings is 1. The minimum atomic E-state index is -1.18. The van der Waals surface area contributed by atoms with Crippen LogP contribution in [-0.2, 0) is 20.3 Å². The molecule has 0 aromatic heterocycles. The first kappa shape index (κ1) is 14.6. The normalized spacial score (nSPS) is 21.9. The molecule has 0 aromatic carbocycles. The van der Waals surface area contributed by atoms with Crippen LogP contribution in [-0.4, -0.2) is 58.4 Å². The van der Waals surface area contributed by atoms with Crippen molar-refractivity contribution < 1.29 is 13.7 Å². The van der Waals surface area contributed by atoms with Gasteiger partial charge in [0.05, 0.1) is 13.2 Å². The molecule has 0 saturated carbocycles. The van der Waals surface area contributed by atoms with E-state index in [9.17, 15) is 9.00 Å². The Labute approximate surface area is 105 Å². The fourth-order valence-corrected chi connectivity index (χ4v) is 2.95. The van der Waals surface area contributed by atoms with E-state index in [0.717, 1.165) is 6.42 Å². The highest BCUT2D eigenvalue weighted by Crippen LogP contribution is 2.07. The van der Waals surface area contributed by atoms with E-state index in [1.54, 1.807) is 11.8 Å². The third-order valence-electron chi connectivity index (χ3n) is 2.97. The second kappa shape index (κ2) is 7.08. The van der Waals surface area contributed by atoms with Crippen molar-refractivity contribution in [1.82, 2.24) is 4.90 Å². The molecule has 2 N–H and O–H groups in total. The second-order valence-corrected chi connectivity index (χ2v) is 6.10. The van der Waals surface area contributed by atoms with Crippen LogP contribution in [0.2, 0.25) is 0 Å². The number of nitrogens with two attached hydrogens (primary N) is 1. The Morgan fingerprint density at radius 3 is 2.59 bits per heavy atom. The number of carbonyl (C=O) groups is 1. The zero-order chi connectivity index (χ0) is 12.8. The first-order valence-corrected chi connectivity index (χ1v) is 7.43. The van der Waals surface area contributed by atoms with Gasteiger partial charge in [-0.15, -0.1) is 0 Å². The molecule has 3 atom stereocenters. The predicted molar refractivity (Wildman–Crippen MR) is 68.1 cm³/mol. The number of ether oxygens (including phenoxy) is 1. The smallest absolute Gasteiger partial charge is 0.238 e. The summed E-state index contributed by atoms with van der Waals surface area (Å²) in [6, 6.07) is -0.0872. The molecule has 1 saturated heterocycles. The molecule has 5 nitrogen and oxygen atoms in total. The van der Waals surface area contributed by atoms with Crippen molar-refractivity contribution >= 4 is 16.7 Å². The Balaban J connectivity index is 2.47. The van der Waals surface area contributed by atoms with Crippen molar-refractivity contribution in [3.8, 4) is 0 Å². The van der Waals surface area contributed by atoms with E-state index in [-0.39, 0.29) is 11.9 Å². The minimum absolute atomic E-state index is 0.0464. The molecular weight excluding hydrogens is 240 g/mol. The molecule has 1 rings (SSSR count). The lowest BCUT2D eigenvalue weighted by Crippen LogP contribution is -2.47. The third-order valence-corrected chi connectivity index (χ3v) is 4.71. The van der Waals surface area contributed by atoms with Crippen molar-refractivity contribution in [2.45, 2.75) is 31.6 Å². The molecule has 17 heavy (non-hydrogen) atoms. The summed E-state index contributed by atoms with van der Waals surface area (Å²) < 4.78 is 17.1. The average Bonchev–Trinajstić information content (AvgIpc) is 2.37. The van der Waals surface area contributed by atoms with Crippen LogP contribution >= 0.6 is 0 Å². The maximum Gasteiger partial charge on any atom is 0.238 e. The number of hydrogen-bond acceptors (Lipinski definition) is 4. The van der Waals surface area contributed by atoms with Gasteiger partial charge in [-0.2, -0.15) is 0 Å². The molecule has 3 unspecified atom stereocenters. The second-order valence-electron chi connectivity index (χ2n) is 4.30. The van der Waals surface area contributed by atoms with Crippen LogP contribution in [0.3, 0.4) is 0 Å². The molecule has 100 valence electrons. The largest absolute Gasteiger partial charge is 0.378 e. The van der Waals surface area contributed by atoms with Gasteiger partial charge in [0.25, 0.3) is 0 Å². The zero-order valence-corrected chi connectivity index (χ0v) is 11.4. The first-order chi connectivity index (χ1) is 8.06. The van der Waals surface area contributed by atoms with E-state index in [0.29, 0.717) is 32.1 Å². The summed E-state index contributed by atoms with van der Waals surface area (Å²) >= 11 is 0. The Bertz CT molecular complexity index is 280. The summed E-state index contributed by atoms with van der Waals surface area (Å²) in [6.07, 6.45) is 0.782. The fourth-order valence-electron chi connectivity index (χ4n) is 1.63. The lowest BCUT2D eigenvalue weighted by atomic mass is 10.3. The summed E-state index contributed by atoms with van der Waals surface area (Å²) in [7, 11) is -1.18. The maximum atomic E-state index is 12.0. The Morgan fingerprint density at radius 1 is 1.47 bits per heavy atom. The van der Waals surface area contributed by atoms with Crippen LogP contribution in [0.25, 0.3) is 0 Å². The topological polar surface area (TPSA) is 72.6 Å². The molecule has 0 spiro atoms. The predicted octanol–water partition coefficient (Wildman–Crippen LogP) is -0.280. The molecule has 1 heterocycles. The number of nitrogens with zero attached hydrogens (tertiary/aromatic N) is 1. The van der Waals surface area contributed by atoms with E-state index >= 15 is 0 Å². The summed E-state index contributed by atoms with van der Waals surface area (Å²) in [4.78, 5) is 13.8. The molecule has 0 radical (unpaired) electrons. The molecule has 6 heteroatoms. The molecular formula is C11H22N2O3S. The Hall–Kier alpha value is -0.460. The van der Waals surface area contributed by atoms with Gasteiger partial charge in [-0.05, 0) is 13.3 Å². The van der Waals surface area contributed by atoms with Gasteiger partial charge in [-0.3, -0.25) is 9.00 Å². The molecule has 0 bridgehead atoms. The van der Waals surface area contributed by atoms with Gasteiger partial charge in [-0.25, -0.2) is 0 Å². The number of carbonyl (C=O) groups excluding carboxylic acids is 1. The SMILES string of the molecule is CCC(N)CS(=O)C(C)C(=O)N1CCOCC1. The average molecular weight is 262 g/mol. The lowest BCUT2D eigenvalue weighted by Gasteiger charge is -2.29. The molecule has 1 fully saturated rings. The summed E-state index contributed by atoms with van der Waals surface area (Å²) in [5.41, 5.74) is 5.75. The molecule has 1 aliphatic heterocycles. The van der Waals surface area contributed by atoms with E-state index in [1.165, 1.54) is 0 Å². The van der Waals surface area contributed by atoms with Crippen LogP contribution in [0.4, 0.5) is 0 Å². The number of amides is 1. The highest BCUT2D eigenvalue weighted by molar-refractivity contribution is 7.86. The van der Waals surface area contributed by atoms with E-state index in [4.69, 9.17) is 10.5 Å². The maximum absolute atomic E-state index is 12.0. The Morgan fingerprint density at radius 2 is 2.06 bits per heavy atom. The van der Waals surface area contributed by atoms with Crippen LogP contribution in [0.5, 0.6) is 0 Å². The standard InChI is InChI=1S/C11H22N2O3S/c1-3-10(12)8-17(15)9(2)11(14)13-4-6-16-7-5-13/h9-10H,3-8,12H2,1-2H3. The van der Waals surface area contributed by atoms with Gasteiger partial charge >= 0.3 is 0 Å². The molecule has 0 aliphatic carbocycles. The first-order valence-electron chi connectivity index (χ1n) is 6.05. The third kappa shape index (κ3) is 4.37. The molecule has 0 aromatic rings. The molecule has 1 amide bonds. The van der Waals surface area contributed by atoms with Crippen molar-refractivity contribution in [3.05, 3.63) is 0 Å². The quantitative estimate of drug-likeness (QED) is 0.739. The van der Waals surface area contributed by atoms with Crippen LogP contribution in [0.15, 0.2) is 0 Å². The molecule has 1 aliphatic rings. The highest BCUT2D eigenvalue weighted by atomic mass is 32.2. The number of rotatable bonds is 5. The van der Waals surface area contributed by atoms with E-state index in [1.807, 2.05) is 6.92 Å². The minimum Gasteiger partial charge on any atom is -0.378 e. The summed E-state index contributed by atoms with van der Waals surface area (Å²) in [5, 5.41) is -0.467. The van der Waals surface area contributed by atoms with E-state index < -0.39 is 16.0 Å². The lowest BCUT2D eigenvalue weighted by molar-refractivity contribution is -0.134. The van der Waals surface area contributed by atoms with Crippen molar-refractivity contribution in [2.75, 3.05) is 32.1 Å². The van der Waals surface area contributed by atoms with Gasteiger partial charge in [0.15, 0.2) is 0 Å². The van der Waals surface area contributed by atoms with Gasteiger partial charge in [0, 0.05) is 35.7 Å². The van der Waals surface area contributed by atoms with E-state index in [2.05, 4.69) is 0 Å². The highest BCUT2D eigenvalue weighted by Gasteiger charge is 2.27. The fraction of sp³-hybridized carbons (Fsp3) is 0.909. The van der Waals surface area contributed by atoms with Crippen molar-refractivity contribution in [3.63, 3.8) is 0 Å². The van der Waals surface area contributed by atoms with Gasteiger partial charge < -0.3 is 15.4 Å². The van der Waals surface area contributed by atoms with Crippen molar-refractivity contribution in [1.29, 1.82) is 0 Å².